The van der Waals surface area contributed by atoms with Gasteiger partial charge >= 0.3 is 0 Å². The van der Waals surface area contributed by atoms with Gasteiger partial charge in [-0.25, -0.2) is 9.97 Å². The predicted molar refractivity (Wildman–Crippen MR) is 105 cm³/mol. The summed E-state index contributed by atoms with van der Waals surface area (Å²) in [6.07, 6.45) is 6.27. The van der Waals surface area contributed by atoms with Crippen molar-refractivity contribution in [2.75, 3.05) is 39.9 Å². The van der Waals surface area contributed by atoms with Crippen LogP contribution in [0, 0.1) is 12.8 Å². The molecule has 0 bridgehead atoms. The number of nitrogens with zero attached hydrogens (tertiary/aromatic N) is 3. The van der Waals surface area contributed by atoms with Gasteiger partial charge in [-0.2, -0.15) is 0 Å². The van der Waals surface area contributed by atoms with Crippen molar-refractivity contribution < 1.29 is 4.74 Å². The molecule has 2 aromatic rings. The number of ether oxygens (including phenoxy) is 1. The first-order valence-electron chi connectivity index (χ1n) is 9.54. The van der Waals surface area contributed by atoms with Crippen LogP contribution < -0.4 is 5.32 Å². The lowest BCUT2D eigenvalue weighted by Gasteiger charge is -2.16. The molecule has 5 nitrogen and oxygen atoms in total. The highest BCUT2D eigenvalue weighted by atomic mass is 16.5. The van der Waals surface area contributed by atoms with Crippen LogP contribution in [-0.4, -0.2) is 54.8 Å². The zero-order valence-electron chi connectivity index (χ0n) is 15.9. The minimum absolute atomic E-state index is 0.741. The van der Waals surface area contributed by atoms with Crippen molar-refractivity contribution in [3.05, 3.63) is 47.8 Å². The Labute approximate surface area is 156 Å². The van der Waals surface area contributed by atoms with Crippen LogP contribution in [0.5, 0.6) is 0 Å². The summed E-state index contributed by atoms with van der Waals surface area (Å²) in [5.74, 6) is 1.53. The molecule has 1 aromatic heterocycles. The van der Waals surface area contributed by atoms with Crippen LogP contribution in [0.15, 0.2) is 36.7 Å². The lowest BCUT2D eigenvalue weighted by molar-refractivity contribution is 0.178. The molecule has 0 saturated carbocycles. The number of benzene rings is 1. The first kappa shape index (κ1) is 19.0. The fourth-order valence-corrected chi connectivity index (χ4v) is 3.51. The van der Waals surface area contributed by atoms with Gasteiger partial charge in [0.05, 0.1) is 0 Å². The highest BCUT2D eigenvalue weighted by Gasteiger charge is 2.21. The quantitative estimate of drug-likeness (QED) is 0.702. The van der Waals surface area contributed by atoms with E-state index in [1.54, 1.807) is 7.11 Å². The minimum Gasteiger partial charge on any atom is -0.385 e. The summed E-state index contributed by atoms with van der Waals surface area (Å²) in [7, 11) is 1.77. The third kappa shape index (κ3) is 5.59. The Kier molecular flexibility index (Phi) is 7.12. The number of likely N-dealkylation sites (tertiary alicyclic amines) is 1. The van der Waals surface area contributed by atoms with Gasteiger partial charge in [0.2, 0.25) is 0 Å². The molecular weight excluding hydrogens is 324 g/mol. The third-order valence-corrected chi connectivity index (χ3v) is 4.94. The van der Waals surface area contributed by atoms with Gasteiger partial charge in [-0.3, -0.25) is 0 Å². The van der Waals surface area contributed by atoms with Crippen LogP contribution in [0.4, 0.5) is 0 Å². The van der Waals surface area contributed by atoms with Gasteiger partial charge in [-0.15, -0.1) is 0 Å². The molecule has 1 N–H and O–H groups in total. The summed E-state index contributed by atoms with van der Waals surface area (Å²) in [5, 5.41) is 3.57. The highest BCUT2D eigenvalue weighted by molar-refractivity contribution is 5.55. The van der Waals surface area contributed by atoms with Gasteiger partial charge in [0.15, 0.2) is 5.82 Å². The van der Waals surface area contributed by atoms with Crippen LogP contribution in [0.3, 0.4) is 0 Å². The van der Waals surface area contributed by atoms with Crippen LogP contribution in [-0.2, 0) is 11.3 Å². The summed E-state index contributed by atoms with van der Waals surface area (Å²) in [4.78, 5) is 11.6. The Balaban J connectivity index is 1.40. The minimum atomic E-state index is 0.741. The maximum atomic E-state index is 5.13. The van der Waals surface area contributed by atoms with Crippen molar-refractivity contribution in [3.8, 4) is 11.4 Å². The molecule has 3 rings (SSSR count). The fourth-order valence-electron chi connectivity index (χ4n) is 3.51. The van der Waals surface area contributed by atoms with E-state index in [0.29, 0.717) is 0 Å². The molecule has 1 saturated heterocycles. The number of hydrogen-bond acceptors (Lipinski definition) is 5. The highest BCUT2D eigenvalue weighted by Crippen LogP contribution is 2.17. The second-order valence-electron chi connectivity index (χ2n) is 7.22. The topological polar surface area (TPSA) is 50.3 Å². The number of aromatic nitrogens is 2. The Morgan fingerprint density at radius 1 is 1.27 bits per heavy atom. The third-order valence-electron chi connectivity index (χ3n) is 4.94. The summed E-state index contributed by atoms with van der Waals surface area (Å²) in [6.45, 7) is 8.39. The normalized spacial score (nSPS) is 17.7. The molecule has 0 amide bonds. The molecule has 5 heteroatoms. The van der Waals surface area contributed by atoms with Crippen LogP contribution in [0.2, 0.25) is 0 Å². The Morgan fingerprint density at radius 3 is 2.88 bits per heavy atom. The van der Waals surface area contributed by atoms with Crippen molar-refractivity contribution in [1.82, 2.24) is 20.2 Å². The molecule has 1 unspecified atom stereocenters. The molecule has 0 spiro atoms. The molecular formula is C21H30N4O. The summed E-state index contributed by atoms with van der Waals surface area (Å²) in [6, 6.07) is 8.30. The van der Waals surface area contributed by atoms with E-state index in [9.17, 15) is 0 Å². The number of methoxy groups -OCH3 is 1. The first-order chi connectivity index (χ1) is 12.7. The average molecular weight is 354 g/mol. The largest absolute Gasteiger partial charge is 0.385 e. The Hall–Kier alpha value is -1.82. The van der Waals surface area contributed by atoms with Gasteiger partial charge < -0.3 is 15.0 Å². The molecule has 2 heterocycles. The smallest absolute Gasteiger partial charge is 0.159 e. The second kappa shape index (κ2) is 9.76. The van der Waals surface area contributed by atoms with E-state index in [-0.39, 0.29) is 0 Å². The molecule has 0 radical (unpaired) electrons. The van der Waals surface area contributed by atoms with Gasteiger partial charge in [-0.1, -0.05) is 23.8 Å². The van der Waals surface area contributed by atoms with Crippen molar-refractivity contribution in [1.29, 1.82) is 0 Å². The number of hydrogen-bond donors (Lipinski definition) is 1. The zero-order chi connectivity index (χ0) is 18.2. The van der Waals surface area contributed by atoms with E-state index < -0.39 is 0 Å². The van der Waals surface area contributed by atoms with Crippen molar-refractivity contribution >= 4 is 0 Å². The Morgan fingerprint density at radius 2 is 2.12 bits per heavy atom. The summed E-state index contributed by atoms with van der Waals surface area (Å²) < 4.78 is 5.13. The van der Waals surface area contributed by atoms with Gasteiger partial charge in [-0.05, 0) is 44.8 Å². The average Bonchev–Trinajstić information content (AvgIpc) is 3.10. The van der Waals surface area contributed by atoms with Crippen molar-refractivity contribution in [2.45, 2.75) is 26.3 Å². The van der Waals surface area contributed by atoms with E-state index >= 15 is 0 Å². The second-order valence-corrected chi connectivity index (χ2v) is 7.22. The summed E-state index contributed by atoms with van der Waals surface area (Å²) in [5.41, 5.74) is 3.44. The number of nitrogens with one attached hydrogen (secondary N) is 1. The lowest BCUT2D eigenvalue weighted by Crippen LogP contribution is -2.27. The molecule has 1 aromatic carbocycles. The molecule has 1 fully saturated rings. The van der Waals surface area contributed by atoms with Crippen LogP contribution in [0.1, 0.15) is 24.0 Å². The predicted octanol–water partition coefficient (Wildman–Crippen LogP) is 2.90. The molecule has 1 atom stereocenters. The fraction of sp³-hybridized carbons (Fsp3) is 0.524. The number of rotatable bonds is 9. The molecule has 1 aliphatic heterocycles. The van der Waals surface area contributed by atoms with Crippen LogP contribution in [0.25, 0.3) is 11.4 Å². The van der Waals surface area contributed by atoms with Gasteiger partial charge in [0, 0.05) is 56.9 Å². The van der Waals surface area contributed by atoms with E-state index in [0.717, 1.165) is 55.5 Å². The monoisotopic (exact) mass is 354 g/mol. The van der Waals surface area contributed by atoms with Crippen molar-refractivity contribution in [2.24, 2.45) is 5.92 Å². The zero-order valence-corrected chi connectivity index (χ0v) is 15.9. The summed E-state index contributed by atoms with van der Waals surface area (Å²) >= 11 is 0. The molecule has 140 valence electrons. The van der Waals surface area contributed by atoms with E-state index in [1.165, 1.54) is 25.1 Å². The molecule has 0 aliphatic carbocycles. The van der Waals surface area contributed by atoms with Gasteiger partial charge in [0.1, 0.15) is 0 Å². The molecule has 26 heavy (non-hydrogen) atoms. The Bertz CT molecular complexity index is 674. The van der Waals surface area contributed by atoms with Gasteiger partial charge in [0.25, 0.3) is 0 Å². The maximum Gasteiger partial charge on any atom is 0.159 e. The maximum absolute atomic E-state index is 5.13. The standard InChI is InChI=1S/C21H30N4O/c1-17-5-3-6-20(11-17)21-23-14-19(15-24-21)13-22-12-18-7-9-25(16-18)8-4-10-26-2/h3,5-6,11,14-15,18,22H,4,7-10,12-13,16H2,1-2H3. The first-order valence-corrected chi connectivity index (χ1v) is 9.54. The lowest BCUT2D eigenvalue weighted by atomic mass is 10.1. The number of aryl methyl sites for hydroxylation is 1. The molecule has 1 aliphatic rings. The van der Waals surface area contributed by atoms with Crippen LogP contribution >= 0.6 is 0 Å². The van der Waals surface area contributed by atoms with E-state index in [2.05, 4.69) is 45.3 Å². The van der Waals surface area contributed by atoms with E-state index in [4.69, 9.17) is 4.74 Å². The SMILES string of the molecule is COCCCN1CCC(CNCc2cnc(-c3cccc(C)c3)nc2)C1. The van der Waals surface area contributed by atoms with Crippen molar-refractivity contribution in [3.63, 3.8) is 0 Å². The van der Waals surface area contributed by atoms with E-state index in [1.807, 2.05) is 18.5 Å².